The van der Waals surface area contributed by atoms with Crippen LogP contribution < -0.4 is 5.32 Å². The van der Waals surface area contributed by atoms with Gasteiger partial charge in [0.2, 0.25) is 5.70 Å². The number of hydrogen-bond donors (Lipinski definition) is 1. The van der Waals surface area contributed by atoms with Crippen molar-refractivity contribution in [3.8, 4) is 0 Å². The van der Waals surface area contributed by atoms with Crippen LogP contribution in [0.4, 0.5) is 4.79 Å². The van der Waals surface area contributed by atoms with Crippen molar-refractivity contribution >= 4 is 17.7 Å². The van der Waals surface area contributed by atoms with Gasteiger partial charge in [0.1, 0.15) is 11.4 Å². The minimum absolute atomic E-state index is 0.0419. The van der Waals surface area contributed by atoms with Crippen LogP contribution in [0, 0.1) is 69.2 Å². The number of nitrogens with zero attached hydrogens (tertiary/aromatic N) is 1. The highest BCUT2D eigenvalue weighted by Crippen LogP contribution is 2.75. The third-order valence-electron chi connectivity index (χ3n) is 14.0. The third-order valence-corrected chi connectivity index (χ3v) is 14.0. The van der Waals surface area contributed by atoms with E-state index in [4.69, 9.17) is 11.3 Å². The highest BCUT2D eigenvalue weighted by atomic mass is 16.6. The SMILES string of the molecule is [C-]#[N+]C1=C[C@]2(C)[C@H]3CC(=O)[C@@H]4[C@@H]5[C@@H](C)[C@H](C)CC[C@]5(CNC(=O)OC(C)(C)C)CC[C@@]4(C)[C@]3(C)CC[C@H]2C(C)(C)C1=O. The fourth-order valence-corrected chi connectivity index (χ4v) is 11.5. The molecule has 0 aromatic heterocycles. The quantitative estimate of drug-likeness (QED) is 0.337. The number of ketones is 2. The first-order valence-corrected chi connectivity index (χ1v) is 16.4. The van der Waals surface area contributed by atoms with Crippen molar-refractivity contribution in [1.82, 2.24) is 5.32 Å². The first kappa shape index (κ1) is 31.3. The van der Waals surface area contributed by atoms with Gasteiger partial charge in [0.25, 0.3) is 0 Å². The maximum Gasteiger partial charge on any atom is 0.407 e. The average molecular weight is 579 g/mol. The summed E-state index contributed by atoms with van der Waals surface area (Å²) in [6.45, 7) is 29.8. The van der Waals surface area contributed by atoms with Gasteiger partial charge in [0.05, 0.1) is 6.57 Å². The van der Waals surface area contributed by atoms with Crippen LogP contribution >= 0.6 is 0 Å². The number of hydrogen-bond acceptors (Lipinski definition) is 4. The topological polar surface area (TPSA) is 76.8 Å². The van der Waals surface area contributed by atoms with Crippen LogP contribution in [0.2, 0.25) is 0 Å². The van der Waals surface area contributed by atoms with Crippen LogP contribution in [0.1, 0.15) is 114 Å². The fourth-order valence-electron chi connectivity index (χ4n) is 11.5. The monoisotopic (exact) mass is 578 g/mol. The van der Waals surface area contributed by atoms with E-state index in [9.17, 15) is 14.4 Å². The largest absolute Gasteiger partial charge is 0.444 e. The Hall–Kier alpha value is -2.16. The number of amides is 1. The molecule has 10 atom stereocenters. The van der Waals surface area contributed by atoms with Gasteiger partial charge in [-0.15, -0.1) is 0 Å². The van der Waals surface area contributed by atoms with Crippen LogP contribution in [0.25, 0.3) is 4.85 Å². The van der Waals surface area contributed by atoms with Crippen molar-refractivity contribution in [3.05, 3.63) is 23.2 Å². The second kappa shape index (κ2) is 9.67. The molecule has 0 heterocycles. The molecule has 0 unspecified atom stereocenters. The second-order valence-electron chi connectivity index (χ2n) is 17.3. The second-order valence-corrected chi connectivity index (χ2v) is 17.3. The number of alkyl carbamates (subject to hydrolysis) is 1. The molecule has 0 spiro atoms. The van der Waals surface area contributed by atoms with Gasteiger partial charge in [-0.25, -0.2) is 9.64 Å². The standard InChI is InChI=1S/C36H54N2O4/c1-21-12-15-36(20-38-30(41)42-31(3,4)5)17-16-35(10)28(27(36)22(21)2)24(39)18-26-33(8)19-23(37-11)29(40)32(6,7)25(33)13-14-34(26,35)9/h19,21-22,25-28H,12-18,20H2,1-10H3,(H,38,41)/t21-,22+,25+,26-,27+,28-,33+,34-,35-,36-/m1/s1. The summed E-state index contributed by atoms with van der Waals surface area (Å²) in [4.78, 5) is 44.6. The van der Waals surface area contributed by atoms with Crippen molar-refractivity contribution in [2.75, 3.05) is 6.54 Å². The lowest BCUT2D eigenvalue weighted by Crippen LogP contribution is -2.69. The van der Waals surface area contributed by atoms with Gasteiger partial charge in [-0.3, -0.25) is 4.79 Å². The molecule has 42 heavy (non-hydrogen) atoms. The number of carbonyl (C=O) groups excluding carboxylic acids is 3. The highest BCUT2D eigenvalue weighted by molar-refractivity contribution is 6.02. The number of nitrogens with one attached hydrogen (secondary N) is 1. The van der Waals surface area contributed by atoms with Gasteiger partial charge in [-0.2, -0.15) is 0 Å². The normalized spacial score (nSPS) is 46.2. The molecule has 0 aromatic carbocycles. The summed E-state index contributed by atoms with van der Waals surface area (Å²) in [5.41, 5.74) is -1.71. The predicted molar refractivity (Wildman–Crippen MR) is 164 cm³/mol. The van der Waals surface area contributed by atoms with Crippen LogP contribution in [-0.4, -0.2) is 29.8 Å². The highest BCUT2D eigenvalue weighted by Gasteiger charge is 2.72. The van der Waals surface area contributed by atoms with E-state index >= 15 is 0 Å². The van der Waals surface area contributed by atoms with Crippen molar-refractivity contribution in [1.29, 1.82) is 0 Å². The molecule has 1 amide bonds. The Balaban J connectivity index is 1.55. The zero-order chi connectivity index (χ0) is 31.3. The molecule has 0 radical (unpaired) electrons. The molecular formula is C36H54N2O4. The molecule has 0 bridgehead atoms. The minimum Gasteiger partial charge on any atom is -0.444 e. The van der Waals surface area contributed by atoms with Crippen molar-refractivity contribution in [2.45, 2.75) is 120 Å². The third kappa shape index (κ3) is 4.26. The van der Waals surface area contributed by atoms with E-state index in [1.807, 2.05) is 40.7 Å². The number of allylic oxidation sites excluding steroid dienone is 2. The van der Waals surface area contributed by atoms with E-state index in [1.165, 1.54) is 0 Å². The molecule has 6 nitrogen and oxygen atoms in total. The van der Waals surface area contributed by atoms with E-state index < -0.39 is 11.0 Å². The lowest BCUT2D eigenvalue weighted by molar-refractivity contribution is -0.226. The number of carbonyl (C=O) groups is 3. The summed E-state index contributed by atoms with van der Waals surface area (Å²) in [5.74, 6) is 1.56. The summed E-state index contributed by atoms with van der Waals surface area (Å²) in [6, 6.07) is 0. The minimum atomic E-state index is -0.617. The Morgan fingerprint density at radius 2 is 1.67 bits per heavy atom. The van der Waals surface area contributed by atoms with Crippen LogP contribution in [0.5, 0.6) is 0 Å². The van der Waals surface area contributed by atoms with E-state index in [2.05, 4.69) is 44.8 Å². The molecule has 4 fully saturated rings. The van der Waals surface area contributed by atoms with Crippen LogP contribution in [0.15, 0.2) is 11.8 Å². The first-order chi connectivity index (χ1) is 19.3. The summed E-state index contributed by atoms with van der Waals surface area (Å²) >= 11 is 0. The van der Waals surface area contributed by atoms with Gasteiger partial charge >= 0.3 is 6.09 Å². The molecule has 5 aliphatic carbocycles. The molecule has 4 saturated carbocycles. The first-order valence-electron chi connectivity index (χ1n) is 16.4. The lowest BCUT2D eigenvalue weighted by atomic mass is 9.31. The smallest absolute Gasteiger partial charge is 0.407 e. The molecule has 0 aromatic rings. The lowest BCUT2D eigenvalue weighted by Gasteiger charge is -2.72. The molecule has 232 valence electrons. The molecular weight excluding hydrogens is 524 g/mol. The predicted octanol–water partition coefficient (Wildman–Crippen LogP) is 8.02. The van der Waals surface area contributed by atoms with E-state index in [1.54, 1.807) is 0 Å². The molecule has 5 aliphatic rings. The van der Waals surface area contributed by atoms with Crippen LogP contribution in [-0.2, 0) is 14.3 Å². The van der Waals surface area contributed by atoms with Gasteiger partial charge in [-0.05, 0) is 111 Å². The Labute approximate surface area is 254 Å². The number of Topliss-reactive ketones (excluding diaryl/α,β-unsaturated/α-hetero) is 2. The molecule has 0 aliphatic heterocycles. The summed E-state index contributed by atoms with van der Waals surface area (Å²) in [7, 11) is 0. The van der Waals surface area contributed by atoms with E-state index in [-0.39, 0.29) is 62.9 Å². The van der Waals surface area contributed by atoms with Crippen molar-refractivity contribution in [3.63, 3.8) is 0 Å². The van der Waals surface area contributed by atoms with Gasteiger partial charge in [0, 0.05) is 24.3 Å². The average Bonchev–Trinajstić information content (AvgIpc) is 2.88. The molecule has 1 N–H and O–H groups in total. The summed E-state index contributed by atoms with van der Waals surface area (Å²) < 4.78 is 5.62. The van der Waals surface area contributed by atoms with Gasteiger partial charge in [-0.1, -0.05) is 54.5 Å². The van der Waals surface area contributed by atoms with Crippen molar-refractivity contribution < 1.29 is 19.1 Å². The Bertz CT molecular complexity index is 1250. The van der Waals surface area contributed by atoms with Crippen LogP contribution in [0.3, 0.4) is 0 Å². The molecule has 6 heteroatoms. The zero-order valence-electron chi connectivity index (χ0n) is 27.8. The number of rotatable bonds is 2. The van der Waals surface area contributed by atoms with Gasteiger partial charge < -0.3 is 14.8 Å². The Kier molecular flexibility index (Phi) is 7.20. The maximum atomic E-state index is 14.7. The fraction of sp³-hybridized carbons (Fsp3) is 0.833. The van der Waals surface area contributed by atoms with Gasteiger partial charge in [0.15, 0.2) is 5.78 Å². The number of fused-ring (bicyclic) bond motifs is 7. The Morgan fingerprint density at radius 1 is 1.00 bits per heavy atom. The maximum absolute atomic E-state index is 14.7. The summed E-state index contributed by atoms with van der Waals surface area (Å²) in [5, 5.41) is 3.15. The zero-order valence-corrected chi connectivity index (χ0v) is 27.8. The van der Waals surface area contributed by atoms with E-state index in [0.717, 1.165) is 38.5 Å². The molecule has 0 saturated heterocycles. The summed E-state index contributed by atoms with van der Waals surface area (Å²) in [6.07, 6.45) is 8.11. The number of ether oxygens (including phenoxy) is 1. The Morgan fingerprint density at radius 3 is 2.29 bits per heavy atom. The van der Waals surface area contributed by atoms with E-state index in [0.29, 0.717) is 30.6 Å². The van der Waals surface area contributed by atoms with Crippen molar-refractivity contribution in [2.24, 2.45) is 62.6 Å². The molecule has 5 rings (SSSR count).